The van der Waals surface area contributed by atoms with Crippen LogP contribution in [-0.4, -0.2) is 0 Å². The molecular formula is C35H28S. The fourth-order valence-electron chi connectivity index (χ4n) is 5.72. The molecule has 0 amide bonds. The minimum atomic E-state index is 0.160. The van der Waals surface area contributed by atoms with Crippen molar-refractivity contribution in [2.24, 2.45) is 0 Å². The molecule has 0 atom stereocenters. The predicted octanol–water partition coefficient (Wildman–Crippen LogP) is 10.3. The van der Waals surface area contributed by atoms with Crippen LogP contribution in [0.15, 0.2) is 103 Å². The lowest BCUT2D eigenvalue weighted by molar-refractivity contribution is 0.590. The summed E-state index contributed by atoms with van der Waals surface area (Å²) in [5, 5.41) is 2.70. The van der Waals surface area contributed by atoms with Gasteiger partial charge in [-0.2, -0.15) is 0 Å². The molecule has 5 aromatic carbocycles. The molecule has 0 N–H and O–H groups in total. The van der Waals surface area contributed by atoms with Crippen molar-refractivity contribution in [3.8, 4) is 33.4 Å². The molecule has 1 heterocycles. The molecule has 1 aromatic heterocycles. The quantitative estimate of drug-likeness (QED) is 0.231. The van der Waals surface area contributed by atoms with E-state index in [4.69, 9.17) is 0 Å². The summed E-state index contributed by atoms with van der Waals surface area (Å²) in [4.78, 5) is 0. The van der Waals surface area contributed by atoms with Crippen LogP contribution in [0.4, 0.5) is 0 Å². The average molecular weight is 481 g/mol. The molecule has 0 nitrogen and oxygen atoms in total. The third kappa shape index (κ3) is 3.34. The van der Waals surface area contributed by atoms with Crippen molar-refractivity contribution in [2.45, 2.75) is 32.6 Å². The Bertz CT molecular complexity index is 1770. The lowest BCUT2D eigenvalue weighted by Gasteiger charge is -2.19. The predicted molar refractivity (Wildman–Crippen MR) is 157 cm³/mol. The smallest absolute Gasteiger partial charge is 0.0434 e. The Labute approximate surface area is 216 Å². The lowest BCUT2D eigenvalue weighted by atomic mass is 9.86. The summed E-state index contributed by atoms with van der Waals surface area (Å²) < 4.78 is 2.74. The maximum absolute atomic E-state index is 2.41. The topological polar surface area (TPSA) is 0 Å². The molecule has 0 bridgehead atoms. The van der Waals surface area contributed by atoms with Crippen molar-refractivity contribution in [1.29, 1.82) is 0 Å². The lowest BCUT2D eigenvalue weighted by Crippen LogP contribution is -2.10. The SMILES string of the molecule is CC(C)(C)c1ccc(-c2cccc3c2sc2c(-c4ccc5c(c4)-c4ccccc4C5)cccc23)cc1. The number of hydrogen-bond donors (Lipinski definition) is 0. The molecule has 0 spiro atoms. The van der Waals surface area contributed by atoms with Gasteiger partial charge in [-0.25, -0.2) is 0 Å². The van der Waals surface area contributed by atoms with E-state index in [1.54, 1.807) is 0 Å². The molecule has 174 valence electrons. The van der Waals surface area contributed by atoms with Crippen LogP contribution in [0.3, 0.4) is 0 Å². The van der Waals surface area contributed by atoms with Crippen LogP contribution in [-0.2, 0) is 11.8 Å². The summed E-state index contributed by atoms with van der Waals surface area (Å²) in [6.45, 7) is 6.81. The summed E-state index contributed by atoms with van der Waals surface area (Å²) in [7, 11) is 0. The van der Waals surface area contributed by atoms with E-state index in [0.29, 0.717) is 0 Å². The standard InChI is InChI=1S/C35H28S/c1-35(2,3)26-18-16-22(17-19-26)28-10-6-12-30-31-13-7-11-29(34(31)36-33(28)30)25-15-14-24-20-23-8-4-5-9-27(23)32(24)21-25/h4-19,21H,20H2,1-3H3. The monoisotopic (exact) mass is 480 g/mol. The minimum Gasteiger partial charge on any atom is -0.134 e. The van der Waals surface area contributed by atoms with E-state index in [9.17, 15) is 0 Å². The first-order chi connectivity index (χ1) is 17.5. The van der Waals surface area contributed by atoms with Gasteiger partial charge in [-0.1, -0.05) is 118 Å². The zero-order chi connectivity index (χ0) is 24.4. The van der Waals surface area contributed by atoms with Crippen LogP contribution in [0.2, 0.25) is 0 Å². The summed E-state index contributed by atoms with van der Waals surface area (Å²) in [5.41, 5.74) is 12.4. The van der Waals surface area contributed by atoms with Crippen LogP contribution in [0.5, 0.6) is 0 Å². The molecule has 7 rings (SSSR count). The Morgan fingerprint density at radius 1 is 0.528 bits per heavy atom. The highest BCUT2D eigenvalue weighted by Gasteiger charge is 2.20. The maximum atomic E-state index is 2.41. The first-order valence-corrected chi connectivity index (χ1v) is 13.6. The average Bonchev–Trinajstić information content (AvgIpc) is 3.46. The summed E-state index contributed by atoms with van der Waals surface area (Å²) in [6.07, 6.45) is 1.04. The van der Waals surface area contributed by atoms with Crippen LogP contribution >= 0.6 is 11.3 Å². The van der Waals surface area contributed by atoms with Gasteiger partial charge >= 0.3 is 0 Å². The first-order valence-electron chi connectivity index (χ1n) is 12.7. The summed E-state index contributed by atoms with van der Waals surface area (Å²) in [6, 6.07) is 38.6. The van der Waals surface area contributed by atoms with Gasteiger partial charge in [-0.15, -0.1) is 11.3 Å². The van der Waals surface area contributed by atoms with Crippen LogP contribution in [0, 0.1) is 0 Å². The molecule has 0 unspecified atom stereocenters. The fourth-order valence-corrected chi connectivity index (χ4v) is 7.09. The van der Waals surface area contributed by atoms with Gasteiger partial charge in [0.05, 0.1) is 0 Å². The second-order valence-corrected chi connectivity index (χ2v) is 12.0. The van der Waals surface area contributed by atoms with Gasteiger partial charge < -0.3 is 0 Å². The van der Waals surface area contributed by atoms with Gasteiger partial charge in [0.15, 0.2) is 0 Å². The normalized spacial score (nSPS) is 12.8. The largest absolute Gasteiger partial charge is 0.134 e. The maximum Gasteiger partial charge on any atom is 0.0434 e. The Morgan fingerprint density at radius 3 is 1.81 bits per heavy atom. The van der Waals surface area contributed by atoms with E-state index in [-0.39, 0.29) is 5.41 Å². The fraction of sp³-hybridized carbons (Fsp3) is 0.143. The van der Waals surface area contributed by atoms with Crippen molar-refractivity contribution < 1.29 is 0 Å². The van der Waals surface area contributed by atoms with E-state index in [0.717, 1.165) is 6.42 Å². The Hall–Kier alpha value is -3.68. The number of thiophene rings is 1. The zero-order valence-electron chi connectivity index (χ0n) is 20.9. The summed E-state index contributed by atoms with van der Waals surface area (Å²) in [5.74, 6) is 0. The van der Waals surface area contributed by atoms with Crippen LogP contribution in [0.1, 0.15) is 37.5 Å². The van der Waals surface area contributed by atoms with Gasteiger partial charge in [0.1, 0.15) is 0 Å². The van der Waals surface area contributed by atoms with Gasteiger partial charge in [-0.05, 0) is 68.0 Å². The van der Waals surface area contributed by atoms with E-state index in [1.165, 1.54) is 70.2 Å². The van der Waals surface area contributed by atoms with Crippen LogP contribution in [0.25, 0.3) is 53.6 Å². The first kappa shape index (κ1) is 21.6. The molecule has 1 aliphatic carbocycles. The van der Waals surface area contributed by atoms with Gasteiger partial charge in [-0.3, -0.25) is 0 Å². The van der Waals surface area contributed by atoms with E-state index >= 15 is 0 Å². The van der Waals surface area contributed by atoms with Crippen molar-refractivity contribution >= 4 is 31.5 Å². The number of hydrogen-bond acceptors (Lipinski definition) is 1. The molecule has 0 aliphatic heterocycles. The van der Waals surface area contributed by atoms with E-state index < -0.39 is 0 Å². The van der Waals surface area contributed by atoms with Crippen molar-refractivity contribution in [3.63, 3.8) is 0 Å². The van der Waals surface area contributed by atoms with Gasteiger partial charge in [0.25, 0.3) is 0 Å². The Balaban J connectivity index is 1.39. The Morgan fingerprint density at radius 2 is 1.11 bits per heavy atom. The molecule has 36 heavy (non-hydrogen) atoms. The van der Waals surface area contributed by atoms with Crippen molar-refractivity contribution in [2.75, 3.05) is 0 Å². The van der Waals surface area contributed by atoms with E-state index in [2.05, 4.69) is 124 Å². The second-order valence-electron chi connectivity index (χ2n) is 11.0. The van der Waals surface area contributed by atoms with Crippen molar-refractivity contribution in [3.05, 3.63) is 120 Å². The second kappa shape index (κ2) is 7.91. The van der Waals surface area contributed by atoms with E-state index in [1.807, 2.05) is 11.3 Å². The third-order valence-corrected chi connectivity index (χ3v) is 8.98. The molecule has 6 aromatic rings. The molecular weight excluding hydrogens is 452 g/mol. The van der Waals surface area contributed by atoms with Gasteiger partial charge in [0, 0.05) is 20.2 Å². The van der Waals surface area contributed by atoms with Crippen molar-refractivity contribution in [1.82, 2.24) is 0 Å². The molecule has 0 saturated carbocycles. The van der Waals surface area contributed by atoms with Crippen LogP contribution < -0.4 is 0 Å². The van der Waals surface area contributed by atoms with Gasteiger partial charge in [0.2, 0.25) is 0 Å². The minimum absolute atomic E-state index is 0.160. The highest BCUT2D eigenvalue weighted by molar-refractivity contribution is 7.26. The number of rotatable bonds is 2. The number of benzene rings is 5. The molecule has 0 saturated heterocycles. The third-order valence-electron chi connectivity index (χ3n) is 7.70. The Kier molecular flexibility index (Phi) is 4.75. The zero-order valence-corrected chi connectivity index (χ0v) is 21.7. The number of fused-ring (bicyclic) bond motifs is 6. The highest BCUT2D eigenvalue weighted by atomic mass is 32.1. The highest BCUT2D eigenvalue weighted by Crippen LogP contribution is 2.45. The molecule has 0 fully saturated rings. The summed E-state index contributed by atoms with van der Waals surface area (Å²) >= 11 is 1.93. The molecule has 0 radical (unpaired) electrons. The molecule has 1 aliphatic rings. The molecule has 1 heteroatoms.